The zero-order valence-corrected chi connectivity index (χ0v) is 21.2. The van der Waals surface area contributed by atoms with Crippen LogP contribution in [-0.2, 0) is 20.5 Å². The maximum atomic E-state index is 12.4. The molecule has 8 nitrogen and oxygen atoms in total. The Labute approximate surface area is 192 Å². The molecule has 1 aromatic carbocycles. The Kier molecular flexibility index (Phi) is 8.60. The van der Waals surface area contributed by atoms with Gasteiger partial charge in [-0.15, -0.1) is 0 Å². The molecule has 0 aliphatic carbocycles. The average molecular weight is 467 g/mol. The van der Waals surface area contributed by atoms with Gasteiger partial charge in [0.2, 0.25) is 0 Å². The van der Waals surface area contributed by atoms with Crippen LogP contribution < -0.4 is 0 Å². The molecule has 1 aliphatic rings. The van der Waals surface area contributed by atoms with Crippen molar-refractivity contribution in [1.82, 2.24) is 4.90 Å². The monoisotopic (exact) mass is 466 g/mol. The molecular weight excluding hydrogens is 428 g/mol. The van der Waals surface area contributed by atoms with Crippen LogP contribution in [0.25, 0.3) is 0 Å². The molecular formula is C23H38N2O6Si. The van der Waals surface area contributed by atoms with E-state index in [0.29, 0.717) is 6.54 Å². The molecule has 2 rings (SSSR count). The molecule has 1 aliphatic heterocycles. The number of ether oxygens (including phenoxy) is 1. The summed E-state index contributed by atoms with van der Waals surface area (Å²) in [5.74, 6) is -1.22. The second kappa shape index (κ2) is 10.4. The van der Waals surface area contributed by atoms with Crippen molar-refractivity contribution in [2.75, 3.05) is 26.4 Å². The van der Waals surface area contributed by atoms with Crippen molar-refractivity contribution in [2.45, 2.75) is 70.4 Å². The van der Waals surface area contributed by atoms with E-state index in [-0.39, 0.29) is 31.2 Å². The minimum atomic E-state index is -2.14. The Morgan fingerprint density at radius 1 is 1.31 bits per heavy atom. The molecule has 1 heterocycles. The highest BCUT2D eigenvalue weighted by Gasteiger charge is 2.62. The molecule has 0 spiro atoms. The van der Waals surface area contributed by atoms with E-state index >= 15 is 0 Å². The van der Waals surface area contributed by atoms with E-state index in [1.807, 2.05) is 35.2 Å². The highest BCUT2D eigenvalue weighted by molar-refractivity contribution is 6.74. The van der Waals surface area contributed by atoms with Crippen LogP contribution in [0.2, 0.25) is 18.1 Å². The number of aliphatic hydroxyl groups is 1. The molecule has 1 saturated heterocycles. The summed E-state index contributed by atoms with van der Waals surface area (Å²) in [6.45, 7) is 12.7. The van der Waals surface area contributed by atoms with Crippen molar-refractivity contribution in [3.05, 3.63) is 46.0 Å². The lowest BCUT2D eigenvalue weighted by Gasteiger charge is -2.38. The Morgan fingerprint density at radius 2 is 1.94 bits per heavy atom. The van der Waals surface area contributed by atoms with Gasteiger partial charge in [-0.25, -0.2) is 0 Å². The van der Waals surface area contributed by atoms with E-state index in [4.69, 9.17) is 9.16 Å². The molecule has 32 heavy (non-hydrogen) atoms. The van der Waals surface area contributed by atoms with Crippen LogP contribution in [0.4, 0.5) is 0 Å². The molecule has 0 radical (unpaired) electrons. The standard InChI is InChI=1S/C23H38N2O6Si/c1-7-30-21(27)13-19-20(15-31-32(5,6)22(2,3)4)24(14-18-11-9-8-10-12-18)16-23(19,17-26)25(28)29/h8-12,19-20,26H,7,13-17H2,1-6H3/t19-,20-,23+/m0/s1. The van der Waals surface area contributed by atoms with Gasteiger partial charge in [0.15, 0.2) is 8.32 Å². The number of benzene rings is 1. The fraction of sp³-hybridized carbons (Fsp3) is 0.696. The van der Waals surface area contributed by atoms with Crippen LogP contribution in [0, 0.1) is 16.0 Å². The molecule has 180 valence electrons. The van der Waals surface area contributed by atoms with E-state index in [2.05, 4.69) is 33.9 Å². The van der Waals surface area contributed by atoms with Crippen molar-refractivity contribution >= 4 is 14.3 Å². The van der Waals surface area contributed by atoms with Crippen LogP contribution in [0.1, 0.15) is 39.7 Å². The van der Waals surface area contributed by atoms with Gasteiger partial charge in [-0.3, -0.25) is 19.8 Å². The number of rotatable bonds is 10. The minimum Gasteiger partial charge on any atom is -0.466 e. The Bertz CT molecular complexity index is 782. The van der Waals surface area contributed by atoms with E-state index in [0.717, 1.165) is 5.56 Å². The molecule has 0 saturated carbocycles. The number of carbonyl (C=O) groups is 1. The fourth-order valence-electron chi connectivity index (χ4n) is 4.07. The summed E-state index contributed by atoms with van der Waals surface area (Å²) in [6, 6.07) is 9.31. The van der Waals surface area contributed by atoms with Crippen LogP contribution in [0.15, 0.2) is 30.3 Å². The van der Waals surface area contributed by atoms with E-state index in [9.17, 15) is 20.0 Å². The van der Waals surface area contributed by atoms with E-state index in [1.165, 1.54) is 0 Å². The molecule has 0 aromatic heterocycles. The van der Waals surface area contributed by atoms with Crippen molar-refractivity contribution in [2.24, 2.45) is 5.92 Å². The summed E-state index contributed by atoms with van der Waals surface area (Å²) >= 11 is 0. The molecule has 1 aromatic rings. The Morgan fingerprint density at radius 3 is 2.44 bits per heavy atom. The first kappa shape index (κ1) is 26.4. The second-order valence-electron chi connectivity index (χ2n) is 10.2. The highest BCUT2D eigenvalue weighted by Crippen LogP contribution is 2.42. The molecule has 9 heteroatoms. The smallest absolute Gasteiger partial charge is 0.306 e. The number of hydrogen-bond donors (Lipinski definition) is 1. The maximum absolute atomic E-state index is 12.4. The SMILES string of the molecule is CCOC(=O)C[C@H]1[C@H](CO[Si](C)(C)C(C)(C)C)N(Cc2ccccc2)C[C@]1(CO)[N+](=O)[O-]. The van der Waals surface area contributed by atoms with Crippen LogP contribution in [0.3, 0.4) is 0 Å². The van der Waals surface area contributed by atoms with Gasteiger partial charge in [0.05, 0.1) is 32.1 Å². The molecule has 0 unspecified atom stereocenters. The molecule has 0 bridgehead atoms. The predicted molar refractivity (Wildman–Crippen MR) is 125 cm³/mol. The number of likely N-dealkylation sites (tertiary alicyclic amines) is 1. The summed E-state index contributed by atoms with van der Waals surface area (Å²) in [6.07, 6.45) is -0.133. The largest absolute Gasteiger partial charge is 0.466 e. The van der Waals surface area contributed by atoms with Gasteiger partial charge in [-0.05, 0) is 30.6 Å². The van der Waals surface area contributed by atoms with Crippen LogP contribution in [0.5, 0.6) is 0 Å². The quantitative estimate of drug-likeness (QED) is 0.244. The number of hydrogen-bond acceptors (Lipinski definition) is 7. The zero-order valence-electron chi connectivity index (χ0n) is 20.2. The minimum absolute atomic E-state index is 0.0241. The van der Waals surface area contributed by atoms with Gasteiger partial charge in [0.1, 0.15) is 6.61 Å². The first-order valence-electron chi connectivity index (χ1n) is 11.2. The second-order valence-corrected chi connectivity index (χ2v) is 15.0. The van der Waals surface area contributed by atoms with Crippen molar-refractivity contribution in [1.29, 1.82) is 0 Å². The maximum Gasteiger partial charge on any atom is 0.306 e. The topological polar surface area (TPSA) is 102 Å². The lowest BCUT2D eigenvalue weighted by molar-refractivity contribution is -0.578. The Balaban J connectivity index is 2.43. The highest BCUT2D eigenvalue weighted by atomic mass is 28.4. The van der Waals surface area contributed by atoms with Gasteiger partial charge in [0.25, 0.3) is 5.54 Å². The zero-order chi connectivity index (χ0) is 24.2. The van der Waals surface area contributed by atoms with E-state index < -0.39 is 43.3 Å². The van der Waals surface area contributed by atoms with Crippen molar-refractivity contribution in [3.63, 3.8) is 0 Å². The lowest BCUT2D eigenvalue weighted by Crippen LogP contribution is -2.52. The van der Waals surface area contributed by atoms with Crippen molar-refractivity contribution < 1.29 is 24.0 Å². The van der Waals surface area contributed by atoms with Gasteiger partial charge >= 0.3 is 5.97 Å². The fourth-order valence-corrected chi connectivity index (χ4v) is 5.09. The van der Waals surface area contributed by atoms with Crippen LogP contribution in [-0.4, -0.2) is 67.2 Å². The van der Waals surface area contributed by atoms with Gasteiger partial charge < -0.3 is 14.3 Å². The number of nitro groups is 1. The summed E-state index contributed by atoms with van der Waals surface area (Å²) in [5.41, 5.74) is -0.639. The number of nitrogens with zero attached hydrogens (tertiary/aromatic N) is 2. The van der Waals surface area contributed by atoms with Crippen molar-refractivity contribution in [3.8, 4) is 0 Å². The summed E-state index contributed by atoms with van der Waals surface area (Å²) in [7, 11) is -2.14. The molecule has 1 N–H and O–H groups in total. The number of esters is 1. The third-order valence-corrected chi connectivity index (χ3v) is 11.6. The molecule has 0 amide bonds. The normalized spacial score (nSPS) is 24.5. The van der Waals surface area contributed by atoms with Crippen LogP contribution >= 0.6 is 0 Å². The third-order valence-electron chi connectivity index (χ3n) is 7.08. The predicted octanol–water partition coefficient (Wildman–Crippen LogP) is 3.47. The van der Waals surface area contributed by atoms with E-state index in [1.54, 1.807) is 6.92 Å². The Hall–Kier alpha value is -1.81. The van der Waals surface area contributed by atoms with Gasteiger partial charge in [0, 0.05) is 17.5 Å². The molecule has 3 atom stereocenters. The van der Waals surface area contributed by atoms with Gasteiger partial charge in [-0.1, -0.05) is 51.1 Å². The molecule has 1 fully saturated rings. The lowest BCUT2D eigenvalue weighted by atomic mass is 9.82. The summed E-state index contributed by atoms with van der Waals surface area (Å²) in [4.78, 5) is 26.2. The third kappa shape index (κ3) is 5.75. The first-order valence-corrected chi connectivity index (χ1v) is 14.1. The number of aliphatic hydroxyl groups excluding tert-OH is 1. The average Bonchev–Trinajstić information content (AvgIpc) is 3.00. The first-order chi connectivity index (χ1) is 14.9. The summed E-state index contributed by atoms with van der Waals surface area (Å²) in [5, 5.41) is 22.4. The number of carbonyl (C=O) groups excluding carboxylic acids is 1. The van der Waals surface area contributed by atoms with Gasteiger partial charge in [-0.2, -0.15) is 0 Å². The summed E-state index contributed by atoms with van der Waals surface area (Å²) < 4.78 is 11.6.